The number of para-hydroxylation sites is 1. The molecule has 1 N–H and O–H groups in total. The van der Waals surface area contributed by atoms with Gasteiger partial charge in [0.15, 0.2) is 0 Å². The fraction of sp³-hybridized carbons (Fsp3) is 0.400. The van der Waals surface area contributed by atoms with Gasteiger partial charge in [0, 0.05) is 16.9 Å². The van der Waals surface area contributed by atoms with Gasteiger partial charge < -0.3 is 4.52 Å². The number of rotatable bonds is 6. The monoisotopic (exact) mass is 417 g/mol. The molecule has 1 aliphatic carbocycles. The summed E-state index contributed by atoms with van der Waals surface area (Å²) in [5.74, 6) is 1.44. The van der Waals surface area contributed by atoms with Crippen LogP contribution in [0, 0.1) is 6.92 Å². The SMILES string of the molecule is CCc1cccc(C)c1NS(=O)(=O)c1cc(-c2noc(C3CCCC3)n2)cs1. The third-order valence-electron chi connectivity index (χ3n) is 5.22. The van der Waals surface area contributed by atoms with Gasteiger partial charge in [0.2, 0.25) is 11.7 Å². The largest absolute Gasteiger partial charge is 0.339 e. The minimum absolute atomic E-state index is 0.236. The highest BCUT2D eigenvalue weighted by Crippen LogP contribution is 2.35. The van der Waals surface area contributed by atoms with E-state index in [1.165, 1.54) is 12.8 Å². The maximum atomic E-state index is 12.9. The van der Waals surface area contributed by atoms with E-state index in [1.54, 1.807) is 11.4 Å². The van der Waals surface area contributed by atoms with E-state index in [4.69, 9.17) is 4.52 Å². The van der Waals surface area contributed by atoms with Crippen molar-refractivity contribution in [2.24, 2.45) is 0 Å². The van der Waals surface area contributed by atoms with Crippen molar-refractivity contribution in [2.45, 2.75) is 56.1 Å². The van der Waals surface area contributed by atoms with Crippen molar-refractivity contribution in [1.29, 1.82) is 0 Å². The zero-order chi connectivity index (χ0) is 19.7. The number of thiophene rings is 1. The molecule has 3 aromatic rings. The molecule has 0 bridgehead atoms. The van der Waals surface area contributed by atoms with Gasteiger partial charge >= 0.3 is 0 Å². The fourth-order valence-electron chi connectivity index (χ4n) is 3.62. The van der Waals surface area contributed by atoms with Crippen molar-refractivity contribution >= 4 is 27.0 Å². The molecule has 8 heteroatoms. The van der Waals surface area contributed by atoms with Crippen LogP contribution in [0.15, 0.2) is 38.4 Å². The Bertz CT molecular complexity index is 1080. The summed E-state index contributed by atoms with van der Waals surface area (Å²) in [5.41, 5.74) is 3.20. The number of sulfonamides is 1. The Morgan fingerprint density at radius 1 is 1.29 bits per heavy atom. The van der Waals surface area contributed by atoms with Crippen molar-refractivity contribution in [3.63, 3.8) is 0 Å². The van der Waals surface area contributed by atoms with Gasteiger partial charge in [-0.15, -0.1) is 11.3 Å². The van der Waals surface area contributed by atoms with E-state index in [-0.39, 0.29) is 4.21 Å². The standard InChI is InChI=1S/C20H23N3O3S2/c1-3-14-10-6-7-13(2)18(14)23-28(24,25)17-11-16(12-27-17)19-21-20(26-22-19)15-8-4-5-9-15/h6-7,10-12,15,23H,3-5,8-9H2,1-2H3. The highest BCUT2D eigenvalue weighted by molar-refractivity contribution is 7.94. The number of nitrogens with one attached hydrogen (secondary N) is 1. The van der Waals surface area contributed by atoms with Gasteiger partial charge in [-0.25, -0.2) is 8.42 Å². The number of nitrogens with zero attached hydrogens (tertiary/aromatic N) is 2. The first-order valence-corrected chi connectivity index (χ1v) is 11.9. The van der Waals surface area contributed by atoms with Crippen molar-refractivity contribution in [1.82, 2.24) is 10.1 Å². The van der Waals surface area contributed by atoms with E-state index in [1.807, 2.05) is 32.0 Å². The van der Waals surface area contributed by atoms with Crippen LogP contribution >= 0.6 is 11.3 Å². The molecule has 0 aliphatic heterocycles. The molecule has 0 saturated heterocycles. The van der Waals surface area contributed by atoms with E-state index in [0.717, 1.165) is 41.7 Å². The fourth-order valence-corrected chi connectivity index (χ4v) is 5.95. The molecule has 1 saturated carbocycles. The molecule has 0 unspecified atom stereocenters. The second-order valence-electron chi connectivity index (χ2n) is 7.16. The Balaban J connectivity index is 1.58. The van der Waals surface area contributed by atoms with Crippen molar-refractivity contribution in [3.05, 3.63) is 46.7 Å². The second-order valence-corrected chi connectivity index (χ2v) is 9.98. The quantitative estimate of drug-likeness (QED) is 0.601. The summed E-state index contributed by atoms with van der Waals surface area (Å²) in [7, 11) is -3.68. The summed E-state index contributed by atoms with van der Waals surface area (Å²) in [6.07, 6.45) is 5.28. The van der Waals surface area contributed by atoms with E-state index in [2.05, 4.69) is 14.9 Å². The zero-order valence-electron chi connectivity index (χ0n) is 15.9. The van der Waals surface area contributed by atoms with Gasteiger partial charge in [-0.05, 0) is 43.4 Å². The van der Waals surface area contributed by atoms with Crippen LogP contribution in [0.25, 0.3) is 11.4 Å². The molecule has 1 aromatic carbocycles. The van der Waals surface area contributed by atoms with E-state index < -0.39 is 10.0 Å². The molecule has 0 atom stereocenters. The summed E-state index contributed by atoms with van der Waals surface area (Å²) in [6, 6.07) is 7.39. The van der Waals surface area contributed by atoms with Crippen LogP contribution in [0.2, 0.25) is 0 Å². The van der Waals surface area contributed by atoms with Gasteiger partial charge in [-0.2, -0.15) is 4.98 Å². The summed E-state index contributed by atoms with van der Waals surface area (Å²) >= 11 is 1.16. The second kappa shape index (κ2) is 7.67. The van der Waals surface area contributed by atoms with Gasteiger partial charge in [0.1, 0.15) is 4.21 Å². The number of aromatic nitrogens is 2. The van der Waals surface area contributed by atoms with Crippen molar-refractivity contribution < 1.29 is 12.9 Å². The molecule has 4 rings (SSSR count). The lowest BCUT2D eigenvalue weighted by Gasteiger charge is -2.13. The van der Waals surface area contributed by atoms with E-state index >= 15 is 0 Å². The Morgan fingerprint density at radius 3 is 2.82 bits per heavy atom. The van der Waals surface area contributed by atoms with Crippen molar-refractivity contribution in [3.8, 4) is 11.4 Å². The van der Waals surface area contributed by atoms with Crippen LogP contribution in [0.5, 0.6) is 0 Å². The highest BCUT2D eigenvalue weighted by atomic mass is 32.2. The first kappa shape index (κ1) is 19.1. The van der Waals surface area contributed by atoms with E-state index in [9.17, 15) is 8.42 Å². The molecule has 0 amide bonds. The number of hydrogen-bond donors (Lipinski definition) is 1. The lowest BCUT2D eigenvalue weighted by molar-refractivity contribution is 0.354. The average molecular weight is 418 g/mol. The van der Waals surface area contributed by atoms with Crippen LogP contribution in [0.3, 0.4) is 0 Å². The number of hydrogen-bond acceptors (Lipinski definition) is 6. The molecule has 2 heterocycles. The Labute approximate surface area is 169 Å². The molecule has 28 heavy (non-hydrogen) atoms. The molecule has 0 spiro atoms. The van der Waals surface area contributed by atoms with Crippen LogP contribution in [0.4, 0.5) is 5.69 Å². The maximum absolute atomic E-state index is 12.9. The summed E-state index contributed by atoms with van der Waals surface area (Å²) in [5, 5.41) is 5.82. The third kappa shape index (κ3) is 3.71. The molecule has 148 valence electrons. The minimum atomic E-state index is -3.68. The normalized spacial score (nSPS) is 15.2. The van der Waals surface area contributed by atoms with Crippen LogP contribution in [-0.2, 0) is 16.4 Å². The summed E-state index contributed by atoms with van der Waals surface area (Å²) < 4.78 is 34.2. The maximum Gasteiger partial charge on any atom is 0.271 e. The van der Waals surface area contributed by atoms with Gasteiger partial charge in [-0.3, -0.25) is 4.72 Å². The number of benzene rings is 1. The van der Waals surface area contributed by atoms with Gasteiger partial charge in [0.05, 0.1) is 5.69 Å². The lowest BCUT2D eigenvalue weighted by Crippen LogP contribution is -2.14. The predicted octanol–water partition coefficient (Wildman–Crippen LogP) is 5.13. The molecule has 1 fully saturated rings. The first-order chi connectivity index (χ1) is 13.5. The Morgan fingerprint density at radius 2 is 2.07 bits per heavy atom. The molecule has 2 aromatic heterocycles. The summed E-state index contributed by atoms with van der Waals surface area (Å²) in [6.45, 7) is 3.91. The van der Waals surface area contributed by atoms with E-state index in [0.29, 0.717) is 28.9 Å². The topological polar surface area (TPSA) is 85.1 Å². The lowest BCUT2D eigenvalue weighted by atomic mass is 10.1. The average Bonchev–Trinajstić information content (AvgIpc) is 3.42. The minimum Gasteiger partial charge on any atom is -0.339 e. The smallest absolute Gasteiger partial charge is 0.271 e. The summed E-state index contributed by atoms with van der Waals surface area (Å²) in [4.78, 5) is 4.50. The molecular formula is C20H23N3O3S2. The molecule has 0 radical (unpaired) electrons. The first-order valence-electron chi connectivity index (χ1n) is 9.51. The van der Waals surface area contributed by atoms with Crippen LogP contribution < -0.4 is 4.72 Å². The van der Waals surface area contributed by atoms with Gasteiger partial charge in [0.25, 0.3) is 10.0 Å². The zero-order valence-corrected chi connectivity index (χ0v) is 17.6. The molecular weight excluding hydrogens is 394 g/mol. The highest BCUT2D eigenvalue weighted by Gasteiger charge is 2.25. The predicted molar refractivity (Wildman–Crippen MR) is 110 cm³/mol. The Hall–Kier alpha value is -2.19. The van der Waals surface area contributed by atoms with Crippen LogP contribution in [0.1, 0.15) is 55.5 Å². The molecule has 1 aliphatic rings. The van der Waals surface area contributed by atoms with Gasteiger partial charge in [-0.1, -0.05) is 43.1 Å². The number of anilines is 1. The third-order valence-corrected chi connectivity index (χ3v) is 8.01. The Kier molecular flexibility index (Phi) is 5.25. The van der Waals surface area contributed by atoms with Crippen LogP contribution in [-0.4, -0.2) is 18.6 Å². The number of aryl methyl sites for hydroxylation is 2. The molecule has 6 nitrogen and oxygen atoms in total. The van der Waals surface area contributed by atoms with Crippen molar-refractivity contribution in [2.75, 3.05) is 4.72 Å².